The largest absolute Gasteiger partial charge is 0.345 e. The molecule has 0 spiro atoms. The first kappa shape index (κ1) is 18.2. The number of amides is 1. The van der Waals surface area contributed by atoms with E-state index in [1.165, 1.54) is 27.7 Å². The summed E-state index contributed by atoms with van der Waals surface area (Å²) >= 11 is 3.20. The zero-order valence-electron chi connectivity index (χ0n) is 14.7. The van der Waals surface area contributed by atoms with Crippen molar-refractivity contribution in [2.45, 2.75) is 17.9 Å². The smallest absolute Gasteiger partial charge is 0.261 e. The highest BCUT2D eigenvalue weighted by Crippen LogP contribution is 2.39. The minimum absolute atomic E-state index is 0.118. The maximum atomic E-state index is 12.7. The molecule has 4 rings (SSSR count). The van der Waals surface area contributed by atoms with Crippen molar-refractivity contribution in [1.29, 1.82) is 0 Å². The molecule has 0 aliphatic heterocycles. The first-order chi connectivity index (χ1) is 12.8. The number of hydrogen-bond donors (Lipinski definition) is 1. The maximum absolute atomic E-state index is 12.7. The van der Waals surface area contributed by atoms with Gasteiger partial charge in [0, 0.05) is 21.0 Å². The van der Waals surface area contributed by atoms with Gasteiger partial charge in [0.1, 0.15) is 0 Å². The van der Waals surface area contributed by atoms with E-state index in [-0.39, 0.29) is 16.8 Å². The second kappa shape index (κ2) is 6.74. The lowest BCUT2D eigenvalue weighted by molar-refractivity contribution is 0.0944. The molecule has 0 aliphatic carbocycles. The van der Waals surface area contributed by atoms with Crippen LogP contribution in [0.2, 0.25) is 0 Å². The molecule has 4 nitrogen and oxygen atoms in total. The second-order valence-electron chi connectivity index (χ2n) is 6.44. The van der Waals surface area contributed by atoms with Gasteiger partial charge in [0.15, 0.2) is 9.84 Å². The number of hydrogen-bond acceptors (Lipinski definition) is 5. The average molecular weight is 416 g/mol. The Morgan fingerprint density at radius 2 is 1.70 bits per heavy atom. The van der Waals surface area contributed by atoms with Crippen molar-refractivity contribution in [3.05, 3.63) is 65.0 Å². The molecule has 0 aliphatic rings. The topological polar surface area (TPSA) is 63.2 Å². The molecule has 1 amide bonds. The Morgan fingerprint density at radius 3 is 2.41 bits per heavy atom. The van der Waals surface area contributed by atoms with Crippen molar-refractivity contribution >= 4 is 57.9 Å². The molecule has 1 N–H and O–H groups in total. The molecular formula is C20H17NO3S3. The van der Waals surface area contributed by atoms with Gasteiger partial charge >= 0.3 is 0 Å². The third kappa shape index (κ3) is 3.50. The number of carbonyl (C=O) groups excluding carboxylic acids is 1. The van der Waals surface area contributed by atoms with E-state index < -0.39 is 9.84 Å². The fourth-order valence-electron chi connectivity index (χ4n) is 2.97. The minimum Gasteiger partial charge on any atom is -0.345 e. The number of nitrogens with one attached hydrogen (secondary N) is 1. The van der Waals surface area contributed by atoms with Gasteiger partial charge in [0.05, 0.1) is 20.5 Å². The van der Waals surface area contributed by atoms with E-state index in [2.05, 4.69) is 17.4 Å². The normalized spacial score (nSPS) is 13.1. The molecule has 4 aromatic rings. The van der Waals surface area contributed by atoms with E-state index in [4.69, 9.17) is 0 Å². The summed E-state index contributed by atoms with van der Waals surface area (Å²) in [6, 6.07) is 16.5. The van der Waals surface area contributed by atoms with Crippen molar-refractivity contribution < 1.29 is 13.2 Å². The van der Waals surface area contributed by atoms with E-state index in [0.29, 0.717) is 4.88 Å². The van der Waals surface area contributed by atoms with Gasteiger partial charge in [0.2, 0.25) is 0 Å². The fraction of sp³-hybridized carbons (Fsp3) is 0.150. The molecule has 7 heteroatoms. The Balaban J connectivity index is 1.55. The Morgan fingerprint density at radius 1 is 1.00 bits per heavy atom. The Labute approximate surface area is 165 Å². The molecule has 0 bridgehead atoms. The zero-order chi connectivity index (χ0) is 19.2. The third-order valence-corrected chi connectivity index (χ3v) is 7.97. The van der Waals surface area contributed by atoms with Gasteiger partial charge < -0.3 is 5.32 Å². The van der Waals surface area contributed by atoms with E-state index in [1.54, 1.807) is 35.6 Å². The lowest BCUT2D eigenvalue weighted by Gasteiger charge is -2.14. The first-order valence-corrected chi connectivity index (χ1v) is 11.9. The van der Waals surface area contributed by atoms with Crippen LogP contribution in [0, 0.1) is 0 Å². The summed E-state index contributed by atoms with van der Waals surface area (Å²) in [4.78, 5) is 13.6. The van der Waals surface area contributed by atoms with Gasteiger partial charge in [-0.1, -0.05) is 30.3 Å². The summed E-state index contributed by atoms with van der Waals surface area (Å²) in [7, 11) is -3.22. The molecule has 2 aromatic heterocycles. The fourth-order valence-corrected chi connectivity index (χ4v) is 6.02. The lowest BCUT2D eigenvalue weighted by atomic mass is 10.1. The van der Waals surface area contributed by atoms with E-state index in [0.717, 1.165) is 15.0 Å². The predicted molar refractivity (Wildman–Crippen MR) is 113 cm³/mol. The Kier molecular flexibility index (Phi) is 4.53. The zero-order valence-corrected chi connectivity index (χ0v) is 17.2. The van der Waals surface area contributed by atoms with Crippen LogP contribution in [-0.2, 0) is 9.84 Å². The van der Waals surface area contributed by atoms with E-state index >= 15 is 0 Å². The molecule has 0 unspecified atom stereocenters. The number of rotatable bonds is 4. The SMILES string of the molecule is C[C@@H](NC(=O)c1cc2sc3ccccc3c2s1)c1ccc(S(C)(=O)=O)cc1. The first-order valence-electron chi connectivity index (χ1n) is 8.35. The quantitative estimate of drug-likeness (QED) is 0.510. The molecule has 0 saturated heterocycles. The highest BCUT2D eigenvalue weighted by Gasteiger charge is 2.17. The monoisotopic (exact) mass is 415 g/mol. The van der Waals surface area contributed by atoms with Crippen molar-refractivity contribution in [1.82, 2.24) is 5.32 Å². The van der Waals surface area contributed by atoms with Crippen molar-refractivity contribution in [3.63, 3.8) is 0 Å². The van der Waals surface area contributed by atoms with Gasteiger partial charge in [-0.2, -0.15) is 0 Å². The van der Waals surface area contributed by atoms with Gasteiger partial charge in [-0.25, -0.2) is 8.42 Å². The molecule has 0 radical (unpaired) electrons. The summed E-state index contributed by atoms with van der Waals surface area (Å²) in [5, 5.41) is 4.18. The predicted octanol–water partition coefficient (Wildman–Crippen LogP) is 5.01. The second-order valence-corrected chi connectivity index (χ2v) is 10.6. The van der Waals surface area contributed by atoms with E-state index in [9.17, 15) is 13.2 Å². The Bertz CT molecular complexity index is 1250. The van der Waals surface area contributed by atoms with Crippen LogP contribution in [0.15, 0.2) is 59.5 Å². The van der Waals surface area contributed by atoms with Crippen LogP contribution in [0.3, 0.4) is 0 Å². The molecule has 2 aromatic carbocycles. The van der Waals surface area contributed by atoms with Gasteiger partial charge in [-0.3, -0.25) is 4.79 Å². The third-order valence-electron chi connectivity index (χ3n) is 4.43. The Hall–Kier alpha value is -2.22. The lowest BCUT2D eigenvalue weighted by Crippen LogP contribution is -2.25. The number of carbonyl (C=O) groups is 1. The van der Waals surface area contributed by atoms with Gasteiger partial charge in [-0.15, -0.1) is 22.7 Å². The molecule has 1 atom stereocenters. The van der Waals surface area contributed by atoms with Crippen molar-refractivity contribution in [3.8, 4) is 0 Å². The van der Waals surface area contributed by atoms with Gasteiger partial charge in [-0.05, 0) is 36.8 Å². The highest BCUT2D eigenvalue weighted by atomic mass is 32.2. The van der Waals surface area contributed by atoms with Crippen LogP contribution in [0.5, 0.6) is 0 Å². The molecule has 2 heterocycles. The van der Waals surface area contributed by atoms with Crippen LogP contribution in [0.25, 0.3) is 19.5 Å². The summed E-state index contributed by atoms with van der Waals surface area (Å²) in [5.41, 5.74) is 0.861. The standard InChI is InChI=1S/C20H17NO3S3/c1-12(13-7-9-14(10-8-13)27(2,23)24)21-20(22)18-11-17-19(26-18)15-5-3-4-6-16(15)25-17/h3-12H,1-2H3,(H,21,22)/t12-/m1/s1. The highest BCUT2D eigenvalue weighted by molar-refractivity contribution is 7.90. The van der Waals surface area contributed by atoms with Crippen LogP contribution in [0.1, 0.15) is 28.2 Å². The van der Waals surface area contributed by atoms with Crippen LogP contribution >= 0.6 is 22.7 Å². The summed E-state index contributed by atoms with van der Waals surface area (Å²) in [6.07, 6.45) is 1.18. The van der Waals surface area contributed by atoms with Crippen molar-refractivity contribution in [2.75, 3.05) is 6.26 Å². The minimum atomic E-state index is -3.22. The van der Waals surface area contributed by atoms with Crippen molar-refractivity contribution in [2.24, 2.45) is 0 Å². The van der Waals surface area contributed by atoms with Crippen LogP contribution in [-0.4, -0.2) is 20.6 Å². The molecule has 0 fully saturated rings. The van der Waals surface area contributed by atoms with Crippen LogP contribution < -0.4 is 5.32 Å². The number of thiophene rings is 2. The summed E-state index contributed by atoms with van der Waals surface area (Å²) in [6.45, 7) is 1.89. The van der Waals surface area contributed by atoms with Crippen LogP contribution in [0.4, 0.5) is 0 Å². The molecule has 0 saturated carbocycles. The average Bonchev–Trinajstić information content (AvgIpc) is 3.19. The number of fused-ring (bicyclic) bond motifs is 3. The van der Waals surface area contributed by atoms with E-state index in [1.807, 2.05) is 25.1 Å². The summed E-state index contributed by atoms with van der Waals surface area (Å²) < 4.78 is 26.6. The summed E-state index contributed by atoms with van der Waals surface area (Å²) in [5.74, 6) is -0.118. The number of sulfone groups is 1. The maximum Gasteiger partial charge on any atom is 0.261 e. The molecule has 27 heavy (non-hydrogen) atoms. The number of benzene rings is 2. The molecular weight excluding hydrogens is 398 g/mol. The molecule has 138 valence electrons. The van der Waals surface area contributed by atoms with Gasteiger partial charge in [0.25, 0.3) is 5.91 Å².